The average Bonchev–Trinajstić information content (AvgIpc) is 3.59. The first-order valence-corrected chi connectivity index (χ1v) is 14.5. The number of aromatic nitrogens is 4. The molecule has 12 nitrogen and oxygen atoms in total. The van der Waals surface area contributed by atoms with Gasteiger partial charge in [-0.2, -0.15) is 4.68 Å². The standard InChI is InChI=1S/C32H28ClFN6O6/c1-19(2)31(43)45-18-46-32(44)21-7-9-22(10-8-21)36-30(42)29-23-6-4-3-5-20(23)15-16-39(29)27(41)14-11-24-26(40-17-35-37-38-40)13-12-25(33)28(24)34/h3-14,17,19,29H,15-16,18H2,1-2H3,(H,36,42)/b14-11+. The van der Waals surface area contributed by atoms with Crippen molar-refractivity contribution in [3.05, 3.63) is 106 Å². The number of carbonyl (C=O) groups excluding carboxylic acids is 4. The molecule has 0 bridgehead atoms. The van der Waals surface area contributed by atoms with Gasteiger partial charge in [0.15, 0.2) is 5.82 Å². The van der Waals surface area contributed by atoms with E-state index >= 15 is 4.39 Å². The maximum absolute atomic E-state index is 15.1. The van der Waals surface area contributed by atoms with Crippen LogP contribution in [0, 0.1) is 11.7 Å². The lowest BCUT2D eigenvalue weighted by Crippen LogP contribution is -2.44. The second-order valence-electron chi connectivity index (χ2n) is 10.5. The quantitative estimate of drug-likeness (QED) is 0.157. The molecule has 0 spiro atoms. The number of ether oxygens (including phenoxy) is 2. The second-order valence-corrected chi connectivity index (χ2v) is 10.9. The minimum absolute atomic E-state index is 0.0109. The lowest BCUT2D eigenvalue weighted by molar-refractivity contribution is -0.155. The molecular weight excluding hydrogens is 619 g/mol. The third-order valence-electron chi connectivity index (χ3n) is 7.16. The Morgan fingerprint density at radius 1 is 1.07 bits per heavy atom. The molecule has 1 unspecified atom stereocenters. The van der Waals surface area contributed by atoms with Gasteiger partial charge in [-0.3, -0.25) is 14.4 Å². The topological polar surface area (TPSA) is 146 Å². The van der Waals surface area contributed by atoms with Crippen LogP contribution < -0.4 is 5.32 Å². The van der Waals surface area contributed by atoms with Crippen molar-refractivity contribution in [2.75, 3.05) is 18.7 Å². The summed E-state index contributed by atoms with van der Waals surface area (Å²) in [6.07, 6.45) is 4.24. The second kappa shape index (κ2) is 14.1. The highest BCUT2D eigenvalue weighted by molar-refractivity contribution is 6.31. The summed E-state index contributed by atoms with van der Waals surface area (Å²) in [5, 5.41) is 13.6. The predicted molar refractivity (Wildman–Crippen MR) is 164 cm³/mol. The average molecular weight is 647 g/mol. The molecule has 1 N–H and O–H groups in total. The number of tetrazole rings is 1. The molecule has 1 aromatic heterocycles. The van der Waals surface area contributed by atoms with Gasteiger partial charge in [-0.05, 0) is 70.4 Å². The minimum Gasteiger partial charge on any atom is -0.428 e. The molecule has 1 aliphatic rings. The number of carbonyl (C=O) groups is 4. The highest BCUT2D eigenvalue weighted by Gasteiger charge is 2.35. The van der Waals surface area contributed by atoms with Gasteiger partial charge in [-0.1, -0.05) is 49.7 Å². The van der Waals surface area contributed by atoms with E-state index in [1.807, 2.05) is 12.1 Å². The Kier molecular flexibility index (Phi) is 9.82. The predicted octanol–water partition coefficient (Wildman–Crippen LogP) is 4.55. The molecule has 1 atom stereocenters. The molecule has 2 heterocycles. The maximum atomic E-state index is 15.1. The van der Waals surface area contributed by atoms with Crippen LogP contribution >= 0.6 is 11.6 Å². The number of amides is 2. The van der Waals surface area contributed by atoms with Crippen molar-refractivity contribution < 1.29 is 33.0 Å². The van der Waals surface area contributed by atoms with E-state index in [1.165, 1.54) is 64.5 Å². The van der Waals surface area contributed by atoms with Gasteiger partial charge in [0.1, 0.15) is 12.4 Å². The van der Waals surface area contributed by atoms with E-state index in [0.29, 0.717) is 17.7 Å². The summed E-state index contributed by atoms with van der Waals surface area (Å²) in [4.78, 5) is 52.6. The summed E-state index contributed by atoms with van der Waals surface area (Å²) in [6.45, 7) is 3.02. The van der Waals surface area contributed by atoms with Crippen LogP contribution in [0.2, 0.25) is 5.02 Å². The number of rotatable bonds is 9. The number of anilines is 1. The van der Waals surface area contributed by atoms with Crippen LogP contribution in [0.1, 0.15) is 46.9 Å². The maximum Gasteiger partial charge on any atom is 0.341 e. The largest absolute Gasteiger partial charge is 0.428 e. The zero-order chi connectivity index (χ0) is 32.8. The van der Waals surface area contributed by atoms with Crippen LogP contribution in [0.4, 0.5) is 10.1 Å². The lowest BCUT2D eigenvalue weighted by atomic mass is 9.91. The summed E-state index contributed by atoms with van der Waals surface area (Å²) >= 11 is 6.02. The summed E-state index contributed by atoms with van der Waals surface area (Å²) in [5.74, 6) is -3.36. The Labute approximate surface area is 267 Å². The smallest absolute Gasteiger partial charge is 0.341 e. The van der Waals surface area contributed by atoms with Gasteiger partial charge in [0, 0.05) is 23.9 Å². The molecule has 46 heavy (non-hydrogen) atoms. The molecular formula is C32H28ClFN6O6. The number of nitrogens with one attached hydrogen (secondary N) is 1. The van der Waals surface area contributed by atoms with E-state index in [4.69, 9.17) is 21.1 Å². The Morgan fingerprint density at radius 2 is 1.83 bits per heavy atom. The zero-order valence-electron chi connectivity index (χ0n) is 24.7. The van der Waals surface area contributed by atoms with Crippen LogP contribution in [-0.2, 0) is 30.3 Å². The summed E-state index contributed by atoms with van der Waals surface area (Å²) < 4.78 is 26.2. The lowest BCUT2D eigenvalue weighted by Gasteiger charge is -2.35. The minimum atomic E-state index is -1.01. The highest BCUT2D eigenvalue weighted by atomic mass is 35.5. The summed E-state index contributed by atoms with van der Waals surface area (Å²) in [6, 6.07) is 15.1. The van der Waals surface area contributed by atoms with Crippen LogP contribution in [0.15, 0.2) is 73.1 Å². The number of fused-ring (bicyclic) bond motifs is 1. The SMILES string of the molecule is CC(C)C(=O)OCOC(=O)c1ccc(NC(=O)C2c3ccccc3CCN2C(=O)/C=C/c2c(-n3cnnn3)ccc(Cl)c2F)cc1. The van der Waals surface area contributed by atoms with E-state index < -0.39 is 42.4 Å². The molecule has 0 aliphatic carbocycles. The third kappa shape index (κ3) is 7.10. The molecule has 4 aromatic rings. The van der Waals surface area contributed by atoms with Gasteiger partial charge >= 0.3 is 11.9 Å². The van der Waals surface area contributed by atoms with E-state index in [-0.39, 0.29) is 34.3 Å². The molecule has 5 rings (SSSR count). The van der Waals surface area contributed by atoms with Crippen LogP contribution in [0.25, 0.3) is 11.8 Å². The van der Waals surface area contributed by atoms with E-state index in [1.54, 1.807) is 26.0 Å². The highest BCUT2D eigenvalue weighted by Crippen LogP contribution is 2.32. The summed E-state index contributed by atoms with van der Waals surface area (Å²) in [7, 11) is 0. The van der Waals surface area contributed by atoms with Crippen molar-refractivity contribution in [2.24, 2.45) is 5.92 Å². The molecule has 0 radical (unpaired) electrons. The number of hydrogen-bond donors (Lipinski definition) is 1. The van der Waals surface area contributed by atoms with Crippen molar-refractivity contribution in [2.45, 2.75) is 26.3 Å². The van der Waals surface area contributed by atoms with Gasteiger partial charge in [0.25, 0.3) is 5.91 Å². The number of esters is 2. The normalized spacial score (nSPS) is 14.2. The molecule has 0 fully saturated rings. The first-order chi connectivity index (χ1) is 22.1. The Bertz CT molecular complexity index is 1800. The molecule has 3 aromatic carbocycles. The molecule has 0 saturated heterocycles. The number of nitrogens with zero attached hydrogens (tertiary/aromatic N) is 5. The van der Waals surface area contributed by atoms with Crippen LogP contribution in [-0.4, -0.2) is 62.2 Å². The van der Waals surface area contributed by atoms with Crippen molar-refractivity contribution in [1.29, 1.82) is 0 Å². The first-order valence-electron chi connectivity index (χ1n) is 14.2. The van der Waals surface area contributed by atoms with E-state index in [2.05, 4.69) is 20.8 Å². The van der Waals surface area contributed by atoms with Gasteiger partial charge in [0.05, 0.1) is 22.2 Å². The first kappa shape index (κ1) is 32.0. The van der Waals surface area contributed by atoms with E-state index in [0.717, 1.165) is 5.56 Å². The monoisotopic (exact) mass is 646 g/mol. The summed E-state index contributed by atoms with van der Waals surface area (Å²) in [5.41, 5.74) is 2.35. The van der Waals surface area contributed by atoms with Crippen molar-refractivity contribution in [3.63, 3.8) is 0 Å². The van der Waals surface area contributed by atoms with Crippen LogP contribution in [0.3, 0.4) is 0 Å². The molecule has 14 heteroatoms. The third-order valence-corrected chi connectivity index (χ3v) is 7.46. The Balaban J connectivity index is 1.34. The fourth-order valence-electron chi connectivity index (χ4n) is 4.81. The van der Waals surface area contributed by atoms with Crippen molar-refractivity contribution >= 4 is 47.1 Å². The number of hydrogen-bond acceptors (Lipinski definition) is 9. The molecule has 0 saturated carbocycles. The van der Waals surface area contributed by atoms with Gasteiger partial charge in [0.2, 0.25) is 12.7 Å². The van der Waals surface area contributed by atoms with E-state index in [9.17, 15) is 19.2 Å². The fraction of sp³-hybridized carbons (Fsp3) is 0.219. The molecule has 2 amide bonds. The van der Waals surface area contributed by atoms with Gasteiger partial charge in [-0.25, -0.2) is 9.18 Å². The Morgan fingerprint density at radius 3 is 2.54 bits per heavy atom. The Hall–Kier alpha value is -5.43. The van der Waals surface area contributed by atoms with Crippen LogP contribution in [0.5, 0.6) is 0 Å². The zero-order valence-corrected chi connectivity index (χ0v) is 25.5. The van der Waals surface area contributed by atoms with Gasteiger partial charge < -0.3 is 19.7 Å². The van der Waals surface area contributed by atoms with Crippen molar-refractivity contribution in [3.8, 4) is 5.69 Å². The fourth-order valence-corrected chi connectivity index (χ4v) is 4.98. The molecule has 236 valence electrons. The number of halogens is 2. The van der Waals surface area contributed by atoms with Crippen molar-refractivity contribution in [1.82, 2.24) is 25.1 Å². The number of benzene rings is 3. The molecule has 1 aliphatic heterocycles. The van der Waals surface area contributed by atoms with Gasteiger partial charge in [-0.15, -0.1) is 5.10 Å².